The molecule has 0 radical (unpaired) electrons. The van der Waals surface area contributed by atoms with Gasteiger partial charge in [-0.25, -0.2) is 0 Å². The number of hydrogen-bond donors (Lipinski definition) is 2. The zero-order chi connectivity index (χ0) is 22.1. The van der Waals surface area contributed by atoms with E-state index in [0.717, 1.165) is 24.4 Å². The molecule has 1 aromatic heterocycles. The highest BCUT2D eigenvalue weighted by Crippen LogP contribution is 2.10. The Hall–Kier alpha value is -3.29. The normalized spacial score (nSPS) is 14.5. The van der Waals surface area contributed by atoms with E-state index in [1.165, 1.54) is 6.26 Å². The molecule has 2 N–H and O–H groups in total. The zero-order valence-corrected chi connectivity index (χ0v) is 18.3. The number of hydrogen-bond acceptors (Lipinski definition) is 4. The first-order valence-corrected chi connectivity index (χ1v) is 10.8. The van der Waals surface area contributed by atoms with Gasteiger partial charge in [0.2, 0.25) is 0 Å². The fourth-order valence-electron chi connectivity index (χ4n) is 3.45. The van der Waals surface area contributed by atoms with Gasteiger partial charge >= 0.3 is 0 Å². The Labute approximate surface area is 183 Å². The summed E-state index contributed by atoms with van der Waals surface area (Å²) in [5.41, 5.74) is 1.74. The molecule has 2 heterocycles. The van der Waals surface area contributed by atoms with Crippen molar-refractivity contribution in [3.63, 3.8) is 0 Å². The van der Waals surface area contributed by atoms with Crippen LogP contribution in [0.5, 0.6) is 0 Å². The summed E-state index contributed by atoms with van der Waals surface area (Å²) in [6.45, 7) is 6.03. The minimum absolute atomic E-state index is 0.0364. The van der Waals surface area contributed by atoms with Gasteiger partial charge in [0.1, 0.15) is 0 Å². The van der Waals surface area contributed by atoms with Gasteiger partial charge in [0.05, 0.1) is 6.26 Å². The Balaban J connectivity index is 1.46. The van der Waals surface area contributed by atoms with Crippen molar-refractivity contribution in [3.8, 4) is 0 Å². The van der Waals surface area contributed by atoms with E-state index in [4.69, 9.17) is 4.42 Å². The third-order valence-electron chi connectivity index (χ3n) is 5.29. The van der Waals surface area contributed by atoms with Crippen LogP contribution in [0.2, 0.25) is 0 Å². The third kappa shape index (κ3) is 6.10. The largest absolute Gasteiger partial charge is 0.459 e. The molecule has 31 heavy (non-hydrogen) atoms. The van der Waals surface area contributed by atoms with E-state index in [-0.39, 0.29) is 11.8 Å². The number of carbonyl (C=O) groups excluding carboxylic acids is 2. The molecule has 166 valence electrons. The number of piperazine rings is 1. The maximum Gasteiger partial charge on any atom is 0.289 e. The highest BCUT2D eigenvalue weighted by molar-refractivity contribution is 5.94. The van der Waals surface area contributed by atoms with Crippen molar-refractivity contribution < 1.29 is 14.0 Å². The Bertz CT molecular complexity index is 869. The average molecular weight is 426 g/mol. The summed E-state index contributed by atoms with van der Waals surface area (Å²) in [6, 6.07) is 11.0. The van der Waals surface area contributed by atoms with E-state index < -0.39 is 0 Å². The van der Waals surface area contributed by atoms with E-state index in [1.54, 1.807) is 24.1 Å². The Morgan fingerprint density at radius 2 is 1.74 bits per heavy atom. The molecule has 8 heteroatoms. The quantitative estimate of drug-likeness (QED) is 0.404. The van der Waals surface area contributed by atoms with Crippen LogP contribution in [-0.4, -0.2) is 67.3 Å². The predicted molar refractivity (Wildman–Crippen MR) is 120 cm³/mol. The topological polar surface area (TPSA) is 90.2 Å². The summed E-state index contributed by atoms with van der Waals surface area (Å²) in [7, 11) is 1.76. The summed E-state index contributed by atoms with van der Waals surface area (Å²) in [4.78, 5) is 32.8. The summed E-state index contributed by atoms with van der Waals surface area (Å²) in [5.74, 6) is 1.06. The van der Waals surface area contributed by atoms with Crippen molar-refractivity contribution in [1.82, 2.24) is 20.4 Å². The number of furan rings is 1. The number of nitrogens with zero attached hydrogens (tertiary/aromatic N) is 3. The van der Waals surface area contributed by atoms with Crippen LogP contribution in [0.4, 0.5) is 0 Å². The van der Waals surface area contributed by atoms with Crippen molar-refractivity contribution in [2.75, 3.05) is 39.8 Å². The van der Waals surface area contributed by atoms with E-state index in [0.29, 0.717) is 50.6 Å². The standard InChI is InChI=1S/C23H31N5O3/c1-3-4-11-25-21(29)19-9-7-18(8-10-19)17-26-23(24-2)28-14-12-27(13-15-28)22(30)20-6-5-16-31-20/h5-10,16H,3-4,11-15,17H2,1-2H3,(H,24,26)(H,25,29). The van der Waals surface area contributed by atoms with Crippen LogP contribution in [0.25, 0.3) is 0 Å². The number of unbranched alkanes of at least 4 members (excludes halogenated alkanes) is 1. The lowest BCUT2D eigenvalue weighted by atomic mass is 10.1. The molecule has 1 aliphatic rings. The lowest BCUT2D eigenvalue weighted by Crippen LogP contribution is -2.53. The molecule has 1 fully saturated rings. The van der Waals surface area contributed by atoms with Crippen LogP contribution in [0.1, 0.15) is 46.2 Å². The van der Waals surface area contributed by atoms with Gasteiger partial charge in [-0.05, 0) is 36.2 Å². The van der Waals surface area contributed by atoms with E-state index >= 15 is 0 Å². The Kier molecular flexibility index (Phi) is 8.09. The van der Waals surface area contributed by atoms with Crippen molar-refractivity contribution in [1.29, 1.82) is 0 Å². The molecule has 2 amide bonds. The van der Waals surface area contributed by atoms with Gasteiger partial charge in [0, 0.05) is 51.9 Å². The molecule has 0 unspecified atom stereocenters. The highest BCUT2D eigenvalue weighted by Gasteiger charge is 2.25. The van der Waals surface area contributed by atoms with Gasteiger partial charge in [0.15, 0.2) is 11.7 Å². The fraction of sp³-hybridized carbons (Fsp3) is 0.435. The van der Waals surface area contributed by atoms with Gasteiger partial charge in [-0.2, -0.15) is 0 Å². The lowest BCUT2D eigenvalue weighted by molar-refractivity contribution is 0.0657. The molecule has 0 aliphatic carbocycles. The molecule has 0 bridgehead atoms. The van der Waals surface area contributed by atoms with Gasteiger partial charge < -0.3 is 24.9 Å². The van der Waals surface area contributed by atoms with Crippen LogP contribution in [0, 0.1) is 0 Å². The number of carbonyl (C=O) groups is 2. The molecule has 0 spiro atoms. The van der Waals surface area contributed by atoms with Crippen LogP contribution in [-0.2, 0) is 6.54 Å². The molecular weight excluding hydrogens is 394 g/mol. The molecular formula is C23H31N5O3. The van der Waals surface area contributed by atoms with Gasteiger partial charge in [-0.1, -0.05) is 25.5 Å². The maximum absolute atomic E-state index is 12.4. The predicted octanol–water partition coefficient (Wildman–Crippen LogP) is 2.34. The Morgan fingerprint density at radius 1 is 1.03 bits per heavy atom. The first kappa shape index (κ1) is 22.4. The zero-order valence-electron chi connectivity index (χ0n) is 18.3. The molecule has 8 nitrogen and oxygen atoms in total. The number of rotatable bonds is 7. The van der Waals surface area contributed by atoms with E-state index in [1.807, 2.05) is 24.3 Å². The number of benzene rings is 1. The van der Waals surface area contributed by atoms with Crippen LogP contribution in [0.3, 0.4) is 0 Å². The molecule has 2 aromatic rings. The number of guanidine groups is 1. The summed E-state index contributed by atoms with van der Waals surface area (Å²) in [6.07, 6.45) is 3.56. The molecule has 3 rings (SSSR count). The molecule has 1 aromatic carbocycles. The average Bonchev–Trinajstić information content (AvgIpc) is 3.35. The third-order valence-corrected chi connectivity index (χ3v) is 5.29. The smallest absolute Gasteiger partial charge is 0.289 e. The SMILES string of the molecule is CCCCNC(=O)c1ccc(CNC(=NC)N2CCN(C(=O)c3ccco3)CC2)cc1. The van der Waals surface area contributed by atoms with Crippen LogP contribution >= 0.6 is 0 Å². The number of nitrogens with one attached hydrogen (secondary N) is 2. The molecule has 0 atom stereocenters. The van der Waals surface area contributed by atoms with E-state index in [2.05, 4.69) is 27.4 Å². The maximum atomic E-state index is 12.4. The molecule has 0 saturated carbocycles. The minimum atomic E-state index is -0.0774. The van der Waals surface area contributed by atoms with E-state index in [9.17, 15) is 9.59 Å². The van der Waals surface area contributed by atoms with Crippen LogP contribution < -0.4 is 10.6 Å². The van der Waals surface area contributed by atoms with Gasteiger partial charge in [-0.15, -0.1) is 0 Å². The summed E-state index contributed by atoms with van der Waals surface area (Å²) < 4.78 is 5.21. The molecule has 1 aliphatic heterocycles. The molecule has 1 saturated heterocycles. The van der Waals surface area contributed by atoms with Crippen molar-refractivity contribution in [2.24, 2.45) is 4.99 Å². The highest BCUT2D eigenvalue weighted by atomic mass is 16.3. The second-order valence-electron chi connectivity index (χ2n) is 7.46. The van der Waals surface area contributed by atoms with Gasteiger partial charge in [-0.3, -0.25) is 14.6 Å². The van der Waals surface area contributed by atoms with Crippen molar-refractivity contribution >= 4 is 17.8 Å². The Morgan fingerprint density at radius 3 is 2.35 bits per heavy atom. The summed E-state index contributed by atoms with van der Waals surface area (Å²) >= 11 is 0. The van der Waals surface area contributed by atoms with Crippen molar-refractivity contribution in [2.45, 2.75) is 26.3 Å². The van der Waals surface area contributed by atoms with Crippen molar-refractivity contribution in [3.05, 3.63) is 59.5 Å². The number of aliphatic imine (C=N–C) groups is 1. The lowest BCUT2D eigenvalue weighted by Gasteiger charge is -2.36. The first-order valence-electron chi connectivity index (χ1n) is 10.8. The summed E-state index contributed by atoms with van der Waals surface area (Å²) in [5, 5.41) is 6.30. The first-order chi connectivity index (χ1) is 15.1. The monoisotopic (exact) mass is 425 g/mol. The second-order valence-corrected chi connectivity index (χ2v) is 7.46. The minimum Gasteiger partial charge on any atom is -0.459 e. The van der Waals surface area contributed by atoms with Gasteiger partial charge in [0.25, 0.3) is 11.8 Å². The number of amides is 2. The fourth-order valence-corrected chi connectivity index (χ4v) is 3.45. The van der Waals surface area contributed by atoms with Crippen LogP contribution in [0.15, 0.2) is 52.1 Å². The second kappa shape index (κ2) is 11.2.